The fourth-order valence-electron chi connectivity index (χ4n) is 3.71. The molecule has 1 amide bonds. The average Bonchev–Trinajstić information content (AvgIpc) is 2.75. The normalized spacial score (nSPS) is 15.6. The number of carbonyl (C=O) groups is 1. The lowest BCUT2D eigenvalue weighted by Gasteiger charge is -2.36. The maximum Gasteiger partial charge on any atom is 0.414 e. The number of para-hydroxylation sites is 3. The van der Waals surface area contributed by atoms with E-state index < -0.39 is 5.60 Å². The number of amides is 1. The van der Waals surface area contributed by atoms with Gasteiger partial charge in [-0.25, -0.2) is 4.79 Å². The molecule has 3 aromatic carbocycles. The SMILES string of the molecule is CC(C)(C)OC(=O)N1CCC(Nc2ccccc2Oc2ccc(Cl)cc2)c2ccccc21. The van der Waals surface area contributed by atoms with Crippen LogP contribution in [0.3, 0.4) is 0 Å². The van der Waals surface area contributed by atoms with E-state index in [9.17, 15) is 4.79 Å². The standard InChI is InChI=1S/C26H27ClN2O3/c1-26(2,3)32-25(30)29-17-16-21(20-8-4-6-10-23(20)29)28-22-9-5-7-11-24(22)31-19-14-12-18(27)13-15-19/h4-15,21,28H,16-17H2,1-3H3. The lowest BCUT2D eigenvalue weighted by molar-refractivity contribution is 0.0577. The van der Waals surface area contributed by atoms with E-state index >= 15 is 0 Å². The first-order chi connectivity index (χ1) is 15.3. The van der Waals surface area contributed by atoms with Crippen molar-refractivity contribution in [2.45, 2.75) is 38.8 Å². The fraction of sp³-hybridized carbons (Fsp3) is 0.269. The van der Waals surface area contributed by atoms with E-state index in [1.165, 1.54) is 0 Å². The van der Waals surface area contributed by atoms with E-state index in [0.29, 0.717) is 17.3 Å². The molecule has 3 aromatic rings. The molecule has 1 aliphatic heterocycles. The van der Waals surface area contributed by atoms with Crippen molar-refractivity contribution in [2.75, 3.05) is 16.8 Å². The first-order valence-corrected chi connectivity index (χ1v) is 11.1. The van der Waals surface area contributed by atoms with Crippen LogP contribution >= 0.6 is 11.6 Å². The Kier molecular flexibility index (Phi) is 6.28. The Morgan fingerprint density at radius 1 is 1.00 bits per heavy atom. The minimum absolute atomic E-state index is 0.0276. The Morgan fingerprint density at radius 2 is 1.69 bits per heavy atom. The summed E-state index contributed by atoms with van der Waals surface area (Å²) in [6, 6.07) is 23.1. The van der Waals surface area contributed by atoms with Crippen molar-refractivity contribution >= 4 is 29.1 Å². The molecule has 1 heterocycles. The van der Waals surface area contributed by atoms with Gasteiger partial charge in [0.1, 0.15) is 11.4 Å². The van der Waals surface area contributed by atoms with Gasteiger partial charge >= 0.3 is 6.09 Å². The predicted molar refractivity (Wildman–Crippen MR) is 129 cm³/mol. The Balaban J connectivity index is 1.57. The highest BCUT2D eigenvalue weighted by Crippen LogP contribution is 2.39. The summed E-state index contributed by atoms with van der Waals surface area (Å²) in [5, 5.41) is 4.28. The maximum absolute atomic E-state index is 12.8. The third-order valence-electron chi connectivity index (χ3n) is 5.12. The van der Waals surface area contributed by atoms with Gasteiger partial charge < -0.3 is 14.8 Å². The van der Waals surface area contributed by atoms with Crippen LogP contribution in [0.1, 0.15) is 38.8 Å². The van der Waals surface area contributed by atoms with Crippen LogP contribution in [0.25, 0.3) is 0 Å². The lowest BCUT2D eigenvalue weighted by Crippen LogP contribution is -2.41. The zero-order valence-electron chi connectivity index (χ0n) is 18.5. The predicted octanol–water partition coefficient (Wildman–Crippen LogP) is 7.43. The molecule has 0 fully saturated rings. The molecule has 5 nitrogen and oxygen atoms in total. The van der Waals surface area contributed by atoms with Crippen LogP contribution in [0.4, 0.5) is 16.2 Å². The van der Waals surface area contributed by atoms with Crippen LogP contribution in [0.15, 0.2) is 72.8 Å². The molecule has 0 aliphatic carbocycles. The second-order valence-electron chi connectivity index (χ2n) is 8.73. The number of anilines is 2. The van der Waals surface area contributed by atoms with Crippen molar-refractivity contribution in [3.8, 4) is 11.5 Å². The van der Waals surface area contributed by atoms with Crippen LogP contribution in [-0.2, 0) is 4.74 Å². The molecule has 4 rings (SSSR count). The van der Waals surface area contributed by atoms with Crippen LogP contribution in [-0.4, -0.2) is 18.2 Å². The molecule has 0 bridgehead atoms. The van der Waals surface area contributed by atoms with Gasteiger partial charge in [-0.15, -0.1) is 0 Å². The highest BCUT2D eigenvalue weighted by Gasteiger charge is 2.31. The summed E-state index contributed by atoms with van der Waals surface area (Å²) in [5.74, 6) is 1.44. The third kappa shape index (κ3) is 5.17. The highest BCUT2D eigenvalue weighted by molar-refractivity contribution is 6.30. The zero-order valence-corrected chi connectivity index (χ0v) is 19.2. The second kappa shape index (κ2) is 9.13. The maximum atomic E-state index is 12.8. The molecule has 0 saturated heterocycles. The van der Waals surface area contributed by atoms with E-state index in [-0.39, 0.29) is 12.1 Å². The smallest absolute Gasteiger partial charge is 0.414 e. The summed E-state index contributed by atoms with van der Waals surface area (Å²) in [7, 11) is 0. The number of nitrogens with one attached hydrogen (secondary N) is 1. The average molecular weight is 451 g/mol. The van der Waals surface area contributed by atoms with Crippen molar-refractivity contribution in [3.05, 3.63) is 83.4 Å². The van der Waals surface area contributed by atoms with Gasteiger partial charge in [0.05, 0.1) is 17.4 Å². The number of fused-ring (bicyclic) bond motifs is 1. The molecule has 6 heteroatoms. The molecular weight excluding hydrogens is 424 g/mol. The third-order valence-corrected chi connectivity index (χ3v) is 5.37. The quantitative estimate of drug-likeness (QED) is 0.449. The minimum atomic E-state index is -0.543. The zero-order chi connectivity index (χ0) is 22.7. The van der Waals surface area contributed by atoms with Crippen molar-refractivity contribution < 1.29 is 14.3 Å². The Hall–Kier alpha value is -3.18. The number of hydrogen-bond donors (Lipinski definition) is 1. The van der Waals surface area contributed by atoms with Crippen LogP contribution in [0, 0.1) is 0 Å². The van der Waals surface area contributed by atoms with Crippen molar-refractivity contribution in [3.63, 3.8) is 0 Å². The van der Waals surface area contributed by atoms with Gasteiger partial charge in [0.25, 0.3) is 0 Å². The Morgan fingerprint density at radius 3 is 2.44 bits per heavy atom. The molecule has 0 radical (unpaired) electrons. The molecule has 1 aliphatic rings. The number of ether oxygens (including phenoxy) is 2. The number of halogens is 1. The second-order valence-corrected chi connectivity index (χ2v) is 9.16. The number of rotatable bonds is 4. The molecule has 1 atom stereocenters. The molecule has 1 unspecified atom stereocenters. The molecule has 32 heavy (non-hydrogen) atoms. The summed E-state index contributed by atoms with van der Waals surface area (Å²) in [4.78, 5) is 14.5. The molecular formula is C26H27ClN2O3. The number of carbonyl (C=O) groups excluding carboxylic acids is 1. The highest BCUT2D eigenvalue weighted by atomic mass is 35.5. The van der Waals surface area contributed by atoms with Gasteiger partial charge in [-0.3, -0.25) is 4.90 Å². The summed E-state index contributed by atoms with van der Waals surface area (Å²) in [5.41, 5.74) is 2.25. The van der Waals surface area contributed by atoms with E-state index in [0.717, 1.165) is 29.1 Å². The van der Waals surface area contributed by atoms with Gasteiger partial charge in [-0.05, 0) is 75.2 Å². The van der Waals surface area contributed by atoms with Gasteiger partial charge in [0, 0.05) is 11.6 Å². The summed E-state index contributed by atoms with van der Waals surface area (Å²) >= 11 is 5.99. The molecule has 166 valence electrons. The van der Waals surface area contributed by atoms with E-state index in [1.54, 1.807) is 17.0 Å². The number of nitrogens with zero attached hydrogens (tertiary/aromatic N) is 1. The first kappa shape index (κ1) is 22.0. The molecule has 0 aromatic heterocycles. The van der Waals surface area contributed by atoms with Crippen LogP contribution in [0.5, 0.6) is 11.5 Å². The van der Waals surface area contributed by atoms with Gasteiger partial charge in [0.15, 0.2) is 5.75 Å². The largest absolute Gasteiger partial charge is 0.455 e. The van der Waals surface area contributed by atoms with Crippen molar-refractivity contribution in [2.24, 2.45) is 0 Å². The summed E-state index contributed by atoms with van der Waals surface area (Å²) in [6.07, 6.45) is 0.417. The Bertz CT molecular complexity index is 1090. The molecule has 0 spiro atoms. The van der Waals surface area contributed by atoms with E-state index in [2.05, 4.69) is 5.32 Å². The summed E-state index contributed by atoms with van der Waals surface area (Å²) < 4.78 is 11.7. The monoisotopic (exact) mass is 450 g/mol. The van der Waals surface area contributed by atoms with Gasteiger partial charge in [-0.1, -0.05) is 41.9 Å². The van der Waals surface area contributed by atoms with Crippen LogP contribution in [0.2, 0.25) is 5.02 Å². The summed E-state index contributed by atoms with van der Waals surface area (Å²) in [6.45, 7) is 6.19. The van der Waals surface area contributed by atoms with Crippen molar-refractivity contribution in [1.29, 1.82) is 0 Å². The van der Waals surface area contributed by atoms with Gasteiger partial charge in [0.2, 0.25) is 0 Å². The fourth-order valence-corrected chi connectivity index (χ4v) is 3.84. The number of benzene rings is 3. The first-order valence-electron chi connectivity index (χ1n) is 10.7. The van der Waals surface area contributed by atoms with E-state index in [4.69, 9.17) is 21.1 Å². The topological polar surface area (TPSA) is 50.8 Å². The Labute approximate surface area is 193 Å². The minimum Gasteiger partial charge on any atom is -0.455 e. The molecule has 0 saturated carbocycles. The lowest BCUT2D eigenvalue weighted by atomic mass is 9.96. The number of hydrogen-bond acceptors (Lipinski definition) is 4. The molecule has 1 N–H and O–H groups in total. The van der Waals surface area contributed by atoms with E-state index in [1.807, 2.05) is 81.4 Å². The van der Waals surface area contributed by atoms with Crippen LogP contribution < -0.4 is 15.0 Å². The van der Waals surface area contributed by atoms with Crippen molar-refractivity contribution in [1.82, 2.24) is 0 Å². The van der Waals surface area contributed by atoms with Gasteiger partial charge in [-0.2, -0.15) is 0 Å².